The van der Waals surface area contributed by atoms with E-state index in [0.717, 1.165) is 45.6 Å². The molecular weight excluding hydrogens is 188 g/mol. The van der Waals surface area contributed by atoms with Gasteiger partial charge < -0.3 is 15.3 Å². The number of nitrogens with one attached hydrogen (secondary N) is 1. The van der Waals surface area contributed by atoms with E-state index in [1.807, 2.05) is 0 Å². The SMILES string of the molecule is CCN(CC)CCNCCCCCCO. The lowest BCUT2D eigenvalue weighted by atomic mass is 10.2. The quantitative estimate of drug-likeness (QED) is 0.513. The van der Waals surface area contributed by atoms with Crippen molar-refractivity contribution in [3.63, 3.8) is 0 Å². The largest absolute Gasteiger partial charge is 0.396 e. The lowest BCUT2D eigenvalue weighted by Gasteiger charge is -2.17. The van der Waals surface area contributed by atoms with E-state index < -0.39 is 0 Å². The number of aliphatic hydroxyl groups is 1. The highest BCUT2D eigenvalue weighted by atomic mass is 16.2. The molecule has 0 saturated heterocycles. The van der Waals surface area contributed by atoms with Crippen LogP contribution in [0.3, 0.4) is 0 Å². The highest BCUT2D eigenvalue weighted by molar-refractivity contribution is 4.55. The number of likely N-dealkylation sites (N-methyl/N-ethyl adjacent to an activating group) is 1. The molecular formula is C12H28N2O. The maximum Gasteiger partial charge on any atom is 0.0431 e. The maximum atomic E-state index is 8.60. The third-order valence-electron chi connectivity index (χ3n) is 2.76. The van der Waals surface area contributed by atoms with Crippen molar-refractivity contribution in [3.8, 4) is 0 Å². The molecule has 92 valence electrons. The zero-order valence-electron chi connectivity index (χ0n) is 10.5. The summed E-state index contributed by atoms with van der Waals surface area (Å²) >= 11 is 0. The molecule has 0 aliphatic heterocycles. The summed E-state index contributed by atoms with van der Waals surface area (Å²) in [5.74, 6) is 0. The number of rotatable bonds is 11. The van der Waals surface area contributed by atoms with Crippen molar-refractivity contribution in [2.45, 2.75) is 39.5 Å². The minimum absolute atomic E-state index is 0.343. The van der Waals surface area contributed by atoms with Crippen LogP contribution in [0.4, 0.5) is 0 Å². The molecule has 0 unspecified atom stereocenters. The number of hydrogen-bond donors (Lipinski definition) is 2. The first kappa shape index (κ1) is 14.9. The number of unbranched alkanes of at least 4 members (excludes halogenated alkanes) is 3. The summed E-state index contributed by atoms with van der Waals surface area (Å²) in [6, 6.07) is 0. The van der Waals surface area contributed by atoms with Crippen LogP contribution in [-0.4, -0.2) is 49.3 Å². The summed E-state index contributed by atoms with van der Waals surface area (Å²) in [6.45, 7) is 10.4. The fraction of sp³-hybridized carbons (Fsp3) is 1.00. The van der Waals surface area contributed by atoms with Gasteiger partial charge in [0.2, 0.25) is 0 Å². The van der Waals surface area contributed by atoms with Crippen LogP contribution in [0.15, 0.2) is 0 Å². The Kier molecular flexibility index (Phi) is 11.9. The smallest absolute Gasteiger partial charge is 0.0431 e. The minimum atomic E-state index is 0.343. The number of aliphatic hydroxyl groups excluding tert-OH is 1. The van der Waals surface area contributed by atoms with E-state index in [9.17, 15) is 0 Å². The molecule has 0 atom stereocenters. The molecule has 0 aromatic carbocycles. The second-order valence-electron chi connectivity index (χ2n) is 3.91. The van der Waals surface area contributed by atoms with Gasteiger partial charge in [0.1, 0.15) is 0 Å². The van der Waals surface area contributed by atoms with E-state index in [-0.39, 0.29) is 0 Å². The van der Waals surface area contributed by atoms with Gasteiger partial charge in [0.25, 0.3) is 0 Å². The van der Waals surface area contributed by atoms with E-state index in [4.69, 9.17) is 5.11 Å². The summed E-state index contributed by atoms with van der Waals surface area (Å²) in [7, 11) is 0. The Balaban J connectivity index is 3.04. The van der Waals surface area contributed by atoms with Crippen molar-refractivity contribution in [3.05, 3.63) is 0 Å². The van der Waals surface area contributed by atoms with Crippen LogP contribution in [0.25, 0.3) is 0 Å². The molecule has 2 N–H and O–H groups in total. The van der Waals surface area contributed by atoms with Crippen molar-refractivity contribution in [1.82, 2.24) is 10.2 Å². The van der Waals surface area contributed by atoms with E-state index in [1.165, 1.54) is 12.8 Å². The topological polar surface area (TPSA) is 35.5 Å². The Morgan fingerprint density at radius 3 is 2.20 bits per heavy atom. The summed E-state index contributed by atoms with van der Waals surface area (Å²) < 4.78 is 0. The van der Waals surface area contributed by atoms with Gasteiger partial charge in [0, 0.05) is 19.7 Å². The molecule has 0 saturated carbocycles. The van der Waals surface area contributed by atoms with Gasteiger partial charge in [-0.15, -0.1) is 0 Å². The molecule has 0 rings (SSSR count). The molecule has 3 nitrogen and oxygen atoms in total. The van der Waals surface area contributed by atoms with Crippen LogP contribution in [-0.2, 0) is 0 Å². The van der Waals surface area contributed by atoms with Crippen molar-refractivity contribution < 1.29 is 5.11 Å². The first-order valence-corrected chi connectivity index (χ1v) is 6.39. The van der Waals surface area contributed by atoms with Crippen molar-refractivity contribution >= 4 is 0 Å². The van der Waals surface area contributed by atoms with Crippen LogP contribution in [0, 0.1) is 0 Å². The maximum absolute atomic E-state index is 8.60. The summed E-state index contributed by atoms with van der Waals surface area (Å²) in [5, 5.41) is 12.1. The Labute approximate surface area is 94.9 Å². The number of nitrogens with zero attached hydrogens (tertiary/aromatic N) is 1. The third kappa shape index (κ3) is 10.2. The van der Waals surface area contributed by atoms with Gasteiger partial charge in [0.15, 0.2) is 0 Å². The molecule has 0 spiro atoms. The standard InChI is InChI=1S/C12H28N2O/c1-3-14(4-2)11-10-13-9-7-5-6-8-12-15/h13,15H,3-12H2,1-2H3. The Morgan fingerprint density at radius 2 is 1.60 bits per heavy atom. The highest BCUT2D eigenvalue weighted by Crippen LogP contribution is 1.97. The van der Waals surface area contributed by atoms with Crippen LogP contribution in [0.2, 0.25) is 0 Å². The molecule has 0 amide bonds. The predicted octanol–water partition coefficient (Wildman–Crippen LogP) is 1.47. The van der Waals surface area contributed by atoms with E-state index >= 15 is 0 Å². The minimum Gasteiger partial charge on any atom is -0.396 e. The fourth-order valence-electron chi connectivity index (χ4n) is 1.62. The highest BCUT2D eigenvalue weighted by Gasteiger charge is 1.96. The molecule has 15 heavy (non-hydrogen) atoms. The number of hydrogen-bond acceptors (Lipinski definition) is 3. The van der Waals surface area contributed by atoms with E-state index in [2.05, 4.69) is 24.1 Å². The summed E-state index contributed by atoms with van der Waals surface area (Å²) in [5.41, 5.74) is 0. The van der Waals surface area contributed by atoms with Gasteiger partial charge in [-0.3, -0.25) is 0 Å². The molecule has 3 heteroatoms. The Bertz CT molecular complexity index is 116. The zero-order valence-corrected chi connectivity index (χ0v) is 10.5. The molecule has 0 heterocycles. The average Bonchev–Trinajstić information content (AvgIpc) is 2.27. The Morgan fingerprint density at radius 1 is 0.933 bits per heavy atom. The first-order valence-electron chi connectivity index (χ1n) is 6.39. The van der Waals surface area contributed by atoms with E-state index in [0.29, 0.717) is 6.61 Å². The molecule has 0 aliphatic rings. The second-order valence-corrected chi connectivity index (χ2v) is 3.91. The van der Waals surface area contributed by atoms with Crippen molar-refractivity contribution in [1.29, 1.82) is 0 Å². The van der Waals surface area contributed by atoms with Gasteiger partial charge >= 0.3 is 0 Å². The molecule has 0 fully saturated rings. The lowest BCUT2D eigenvalue weighted by molar-refractivity contribution is 0.282. The molecule has 0 bridgehead atoms. The zero-order chi connectivity index (χ0) is 11.4. The molecule has 0 radical (unpaired) electrons. The van der Waals surface area contributed by atoms with Crippen LogP contribution >= 0.6 is 0 Å². The molecule has 0 aromatic heterocycles. The van der Waals surface area contributed by atoms with Gasteiger partial charge in [0.05, 0.1) is 0 Å². The fourth-order valence-corrected chi connectivity index (χ4v) is 1.62. The van der Waals surface area contributed by atoms with Crippen molar-refractivity contribution in [2.75, 3.05) is 39.3 Å². The summed E-state index contributed by atoms with van der Waals surface area (Å²) in [4.78, 5) is 2.43. The summed E-state index contributed by atoms with van der Waals surface area (Å²) in [6.07, 6.45) is 4.59. The van der Waals surface area contributed by atoms with Crippen molar-refractivity contribution in [2.24, 2.45) is 0 Å². The molecule has 0 aromatic rings. The molecule has 0 aliphatic carbocycles. The van der Waals surface area contributed by atoms with Crippen LogP contribution in [0.5, 0.6) is 0 Å². The Hall–Kier alpha value is -0.120. The predicted molar refractivity (Wildman–Crippen MR) is 66.2 cm³/mol. The van der Waals surface area contributed by atoms with Gasteiger partial charge in [-0.2, -0.15) is 0 Å². The van der Waals surface area contributed by atoms with Gasteiger partial charge in [-0.1, -0.05) is 26.7 Å². The van der Waals surface area contributed by atoms with Crippen LogP contribution in [0.1, 0.15) is 39.5 Å². The first-order chi connectivity index (χ1) is 7.35. The van der Waals surface area contributed by atoms with Gasteiger partial charge in [-0.05, 0) is 32.5 Å². The second kappa shape index (κ2) is 12.0. The lowest BCUT2D eigenvalue weighted by Crippen LogP contribution is -2.32. The van der Waals surface area contributed by atoms with Crippen LogP contribution < -0.4 is 5.32 Å². The average molecular weight is 216 g/mol. The van der Waals surface area contributed by atoms with Gasteiger partial charge in [-0.25, -0.2) is 0 Å². The normalized spacial score (nSPS) is 11.2. The monoisotopic (exact) mass is 216 g/mol. The van der Waals surface area contributed by atoms with E-state index in [1.54, 1.807) is 0 Å². The third-order valence-corrected chi connectivity index (χ3v) is 2.76.